The highest BCUT2D eigenvalue weighted by atomic mass is 16.5. The molecule has 0 bridgehead atoms. The van der Waals surface area contributed by atoms with E-state index in [-0.39, 0.29) is 5.56 Å². The first-order valence-electron chi connectivity index (χ1n) is 7.61. The number of methoxy groups -OCH3 is 3. The van der Waals surface area contributed by atoms with Gasteiger partial charge < -0.3 is 29.2 Å². The molecule has 8 heteroatoms. The van der Waals surface area contributed by atoms with Gasteiger partial charge in [0, 0.05) is 17.8 Å². The van der Waals surface area contributed by atoms with Gasteiger partial charge in [-0.1, -0.05) is 6.07 Å². The number of fused-ring (bicyclic) bond motifs is 1. The van der Waals surface area contributed by atoms with Gasteiger partial charge in [-0.15, -0.1) is 0 Å². The Kier molecular flexibility index (Phi) is 4.82. The van der Waals surface area contributed by atoms with Gasteiger partial charge in [-0.25, -0.2) is 0 Å². The van der Waals surface area contributed by atoms with E-state index >= 15 is 0 Å². The molecule has 3 rings (SSSR count). The van der Waals surface area contributed by atoms with Crippen LogP contribution in [0.25, 0.3) is 0 Å². The summed E-state index contributed by atoms with van der Waals surface area (Å²) in [5.41, 5.74) is 2.33. The smallest absolute Gasteiger partial charge is 0.491 e. The monoisotopic (exact) mass is 343 g/mol. The number of hydrogen-bond acceptors (Lipinski definition) is 6. The van der Waals surface area contributed by atoms with Gasteiger partial charge in [0.2, 0.25) is 0 Å². The number of ether oxygens (including phenoxy) is 3. The Morgan fingerprint density at radius 1 is 1.12 bits per heavy atom. The van der Waals surface area contributed by atoms with Crippen molar-refractivity contribution < 1.29 is 28.7 Å². The summed E-state index contributed by atoms with van der Waals surface area (Å²) < 4.78 is 20.9. The van der Waals surface area contributed by atoms with Gasteiger partial charge in [-0.05, 0) is 23.2 Å². The molecule has 1 aliphatic rings. The van der Waals surface area contributed by atoms with E-state index in [0.29, 0.717) is 35.0 Å². The maximum absolute atomic E-state index is 12.7. The van der Waals surface area contributed by atoms with Gasteiger partial charge in [0.1, 0.15) is 22.8 Å². The first-order valence-corrected chi connectivity index (χ1v) is 7.61. The molecule has 1 aliphatic heterocycles. The van der Waals surface area contributed by atoms with E-state index in [0.717, 1.165) is 5.56 Å². The molecule has 0 aromatic heterocycles. The number of carbonyl (C=O) groups excluding carboxylic acids is 1. The van der Waals surface area contributed by atoms with Crippen LogP contribution in [0.2, 0.25) is 0 Å². The van der Waals surface area contributed by atoms with E-state index in [2.05, 4.69) is 5.32 Å². The summed E-state index contributed by atoms with van der Waals surface area (Å²) in [7, 11) is 3.48. The van der Waals surface area contributed by atoms with Crippen LogP contribution in [0.4, 0.5) is 5.69 Å². The maximum Gasteiger partial charge on any atom is 0.491 e. The second kappa shape index (κ2) is 7.04. The van der Waals surface area contributed by atoms with Crippen molar-refractivity contribution in [1.82, 2.24) is 0 Å². The van der Waals surface area contributed by atoms with Crippen LogP contribution in [-0.2, 0) is 11.3 Å². The van der Waals surface area contributed by atoms with Crippen LogP contribution in [0.1, 0.15) is 15.9 Å². The molecule has 130 valence electrons. The van der Waals surface area contributed by atoms with Crippen molar-refractivity contribution in [2.45, 2.75) is 6.61 Å². The Hall–Kier alpha value is -2.71. The minimum atomic E-state index is -0.975. The second-order valence-electron chi connectivity index (χ2n) is 5.44. The van der Waals surface area contributed by atoms with Crippen LogP contribution in [-0.4, -0.2) is 39.4 Å². The molecule has 0 radical (unpaired) electrons. The number of anilines is 1. The molecule has 2 aromatic rings. The number of benzene rings is 2. The lowest BCUT2D eigenvalue weighted by molar-refractivity contribution is 0.102. The molecule has 1 amide bonds. The molecule has 1 heterocycles. The predicted molar refractivity (Wildman–Crippen MR) is 92.9 cm³/mol. The normalized spacial score (nSPS) is 12.6. The van der Waals surface area contributed by atoms with Crippen molar-refractivity contribution >= 4 is 24.2 Å². The van der Waals surface area contributed by atoms with E-state index in [1.54, 1.807) is 24.3 Å². The summed E-state index contributed by atoms with van der Waals surface area (Å²) in [4.78, 5) is 12.7. The van der Waals surface area contributed by atoms with Crippen molar-refractivity contribution in [3.05, 3.63) is 41.5 Å². The van der Waals surface area contributed by atoms with Crippen LogP contribution >= 0.6 is 0 Å². The molecule has 0 atom stereocenters. The lowest BCUT2D eigenvalue weighted by Crippen LogP contribution is -2.28. The van der Waals surface area contributed by atoms with Crippen molar-refractivity contribution in [1.29, 1.82) is 0 Å². The third-order valence-electron chi connectivity index (χ3n) is 4.01. The number of nitrogens with one attached hydrogen (secondary N) is 1. The lowest BCUT2D eigenvalue weighted by Gasteiger charge is -2.15. The SMILES string of the molecule is COc1cc(OC)c(C(=O)Nc2ccc3c(c2)B(O)OC3)c(OC)c1. The van der Waals surface area contributed by atoms with Crippen molar-refractivity contribution in [3.63, 3.8) is 0 Å². The van der Waals surface area contributed by atoms with Gasteiger partial charge in [-0.2, -0.15) is 0 Å². The standard InChI is InChI=1S/C17H18BNO6/c1-22-12-7-14(23-2)16(15(8-12)24-3)17(20)19-11-5-4-10-9-25-18(21)13(10)6-11/h4-8,21H,9H2,1-3H3,(H,19,20). The average Bonchev–Trinajstić information content (AvgIpc) is 3.00. The largest absolute Gasteiger partial charge is 0.496 e. The van der Waals surface area contributed by atoms with E-state index in [4.69, 9.17) is 18.9 Å². The maximum atomic E-state index is 12.7. The fourth-order valence-corrected chi connectivity index (χ4v) is 2.72. The fraction of sp³-hybridized carbons (Fsp3) is 0.235. The molecule has 0 spiro atoms. The van der Waals surface area contributed by atoms with Crippen LogP contribution in [0.15, 0.2) is 30.3 Å². The highest BCUT2D eigenvalue weighted by Gasteiger charge is 2.28. The van der Waals surface area contributed by atoms with Gasteiger partial charge in [0.25, 0.3) is 5.91 Å². The second-order valence-corrected chi connectivity index (χ2v) is 5.44. The number of hydrogen-bond donors (Lipinski definition) is 2. The minimum Gasteiger partial charge on any atom is -0.496 e. The first-order chi connectivity index (χ1) is 12.1. The van der Waals surface area contributed by atoms with Gasteiger partial charge >= 0.3 is 7.12 Å². The molecular weight excluding hydrogens is 325 g/mol. The summed E-state index contributed by atoms with van der Waals surface area (Å²) in [6.07, 6.45) is 0. The van der Waals surface area contributed by atoms with Crippen molar-refractivity contribution in [2.24, 2.45) is 0 Å². The summed E-state index contributed by atoms with van der Waals surface area (Å²) in [6, 6.07) is 8.47. The topological polar surface area (TPSA) is 86.3 Å². The zero-order valence-electron chi connectivity index (χ0n) is 14.2. The third-order valence-corrected chi connectivity index (χ3v) is 4.01. The Bertz CT molecular complexity index is 785. The van der Waals surface area contributed by atoms with Gasteiger partial charge in [-0.3, -0.25) is 4.79 Å². The third kappa shape index (κ3) is 3.26. The Labute approximate surface area is 145 Å². The average molecular weight is 343 g/mol. The van der Waals surface area contributed by atoms with Crippen molar-refractivity contribution in [2.75, 3.05) is 26.6 Å². The lowest BCUT2D eigenvalue weighted by atomic mass is 9.79. The Balaban J connectivity index is 1.92. The van der Waals surface area contributed by atoms with Crippen LogP contribution in [0.3, 0.4) is 0 Å². The number of rotatable bonds is 5. The van der Waals surface area contributed by atoms with Gasteiger partial charge in [0.15, 0.2) is 0 Å². The van der Waals surface area contributed by atoms with E-state index in [1.165, 1.54) is 21.3 Å². The first kappa shape index (κ1) is 17.1. The molecule has 2 aromatic carbocycles. The Morgan fingerprint density at radius 2 is 1.80 bits per heavy atom. The zero-order chi connectivity index (χ0) is 18.0. The molecule has 0 saturated heterocycles. The summed E-state index contributed by atoms with van der Waals surface area (Å²) in [6.45, 7) is 0.352. The molecule has 0 fully saturated rings. The summed E-state index contributed by atoms with van der Waals surface area (Å²) in [5.74, 6) is 0.782. The summed E-state index contributed by atoms with van der Waals surface area (Å²) in [5, 5.41) is 12.6. The van der Waals surface area contributed by atoms with Crippen molar-refractivity contribution in [3.8, 4) is 17.2 Å². The molecule has 0 aliphatic carbocycles. The summed E-state index contributed by atoms with van der Waals surface area (Å²) >= 11 is 0. The van der Waals surface area contributed by atoms with Crippen LogP contribution in [0, 0.1) is 0 Å². The van der Waals surface area contributed by atoms with E-state index < -0.39 is 13.0 Å². The predicted octanol–water partition coefficient (Wildman–Crippen LogP) is 1.18. The highest BCUT2D eigenvalue weighted by Crippen LogP contribution is 2.34. The van der Waals surface area contributed by atoms with Gasteiger partial charge in [0.05, 0.1) is 27.9 Å². The van der Waals surface area contributed by atoms with Crippen LogP contribution < -0.4 is 25.0 Å². The number of carbonyl (C=O) groups is 1. The number of amides is 1. The molecular formula is C17H18BNO6. The molecule has 0 saturated carbocycles. The molecule has 2 N–H and O–H groups in total. The highest BCUT2D eigenvalue weighted by molar-refractivity contribution is 6.61. The zero-order valence-corrected chi connectivity index (χ0v) is 14.2. The molecule has 25 heavy (non-hydrogen) atoms. The van der Waals surface area contributed by atoms with E-state index in [1.807, 2.05) is 6.07 Å². The molecule has 0 unspecified atom stereocenters. The van der Waals surface area contributed by atoms with Crippen LogP contribution in [0.5, 0.6) is 17.2 Å². The quantitative estimate of drug-likeness (QED) is 0.793. The minimum absolute atomic E-state index is 0.253. The fourth-order valence-electron chi connectivity index (χ4n) is 2.72. The Morgan fingerprint density at radius 3 is 2.40 bits per heavy atom. The molecule has 7 nitrogen and oxygen atoms in total. The van der Waals surface area contributed by atoms with E-state index in [9.17, 15) is 9.82 Å².